The molecule has 0 radical (unpaired) electrons. The minimum atomic E-state index is -0.841. The highest BCUT2D eigenvalue weighted by Crippen LogP contribution is 2.35. The van der Waals surface area contributed by atoms with E-state index in [-0.39, 0.29) is 11.1 Å². The lowest BCUT2D eigenvalue weighted by atomic mass is 10.2. The molecule has 1 aromatic rings. The number of ether oxygens (including phenoxy) is 2. The fraction of sp³-hybridized carbons (Fsp3) is 0.545. The second-order valence-electron chi connectivity index (χ2n) is 4.41. The number of carbonyl (C=O) groups excluding carboxylic acids is 1. The molecule has 4 atom stereocenters. The van der Waals surface area contributed by atoms with Crippen LogP contribution in [-0.2, 0) is 14.3 Å². The Bertz CT molecular complexity index is 657. The van der Waals surface area contributed by atoms with Gasteiger partial charge in [0, 0.05) is 13.1 Å². The summed E-state index contributed by atoms with van der Waals surface area (Å²) in [6.07, 6.45) is -1.09. The fourth-order valence-electron chi connectivity index (χ4n) is 2.05. The Morgan fingerprint density at radius 3 is 2.81 bits per heavy atom. The highest BCUT2D eigenvalue weighted by molar-refractivity contribution is 9.10. The van der Waals surface area contributed by atoms with Gasteiger partial charge in [-0.25, -0.2) is 4.79 Å². The largest absolute Gasteiger partial charge is 0.458 e. The molecule has 0 unspecified atom stereocenters. The number of hydrogen-bond acceptors (Lipinski definition) is 6. The Labute approximate surface area is 135 Å². The summed E-state index contributed by atoms with van der Waals surface area (Å²) in [5.74, 6) is -0.526. The van der Waals surface area contributed by atoms with Crippen LogP contribution < -0.4 is 11.2 Å². The Hall–Kier alpha value is -0.970. The molecule has 2 N–H and O–H groups in total. The molecule has 10 heteroatoms. The molecule has 1 aromatic heterocycles. The van der Waals surface area contributed by atoms with Crippen LogP contribution in [0.15, 0.2) is 20.3 Å². The van der Waals surface area contributed by atoms with Crippen molar-refractivity contribution in [1.82, 2.24) is 9.55 Å². The van der Waals surface area contributed by atoms with Crippen LogP contribution in [-0.4, -0.2) is 44.3 Å². The van der Waals surface area contributed by atoms with E-state index in [4.69, 9.17) is 9.47 Å². The molecule has 0 spiro atoms. The Morgan fingerprint density at radius 1 is 1.57 bits per heavy atom. The third-order valence-corrected chi connectivity index (χ3v) is 4.49. The van der Waals surface area contributed by atoms with Crippen molar-refractivity contribution < 1.29 is 19.4 Å². The molecule has 0 saturated carbocycles. The number of alkyl halides is 1. The second-order valence-corrected chi connectivity index (χ2v) is 6.32. The van der Waals surface area contributed by atoms with Gasteiger partial charge in [0.25, 0.3) is 5.56 Å². The van der Waals surface area contributed by atoms with Gasteiger partial charge in [-0.3, -0.25) is 19.1 Å². The number of rotatable bonds is 3. The summed E-state index contributed by atoms with van der Waals surface area (Å²) in [6.45, 7) is 0.861. The van der Waals surface area contributed by atoms with Crippen molar-refractivity contribution in [2.75, 3.05) is 6.61 Å². The monoisotopic (exact) mass is 426 g/mol. The first-order chi connectivity index (χ1) is 9.85. The molecule has 1 aliphatic rings. The molecule has 0 amide bonds. The molecular weight excluding hydrogens is 416 g/mol. The van der Waals surface area contributed by atoms with E-state index in [1.54, 1.807) is 0 Å². The number of H-pyrrole nitrogens is 1. The molecule has 1 fully saturated rings. The normalized spacial score (nSPS) is 28.6. The standard InChI is InChI=1S/C11H12Br2N2O6/c1-4(17)20-8-6(3-16)21-10(7(8)13)15-2-5(12)9(18)14-11(15)19/h2,6-8,10,16H,3H2,1H3,(H,14,18,19)/t6-,7-,8-,10-/m1/s1. The maximum atomic E-state index is 11.9. The van der Waals surface area contributed by atoms with Gasteiger partial charge >= 0.3 is 11.7 Å². The van der Waals surface area contributed by atoms with Gasteiger partial charge in [0.2, 0.25) is 0 Å². The van der Waals surface area contributed by atoms with Crippen LogP contribution in [0.2, 0.25) is 0 Å². The number of carbonyl (C=O) groups is 1. The topological polar surface area (TPSA) is 111 Å². The molecule has 0 aliphatic carbocycles. The quantitative estimate of drug-likeness (QED) is 0.514. The molecule has 2 heterocycles. The van der Waals surface area contributed by atoms with Crippen molar-refractivity contribution in [3.05, 3.63) is 31.5 Å². The summed E-state index contributed by atoms with van der Waals surface area (Å²) in [4.78, 5) is 35.9. The Balaban J connectivity index is 2.37. The van der Waals surface area contributed by atoms with Crippen molar-refractivity contribution in [2.45, 2.75) is 30.2 Å². The van der Waals surface area contributed by atoms with Gasteiger partial charge in [0.05, 0.1) is 15.9 Å². The lowest BCUT2D eigenvalue weighted by Crippen LogP contribution is -2.37. The molecule has 1 saturated heterocycles. The summed E-state index contributed by atoms with van der Waals surface area (Å²) in [5.41, 5.74) is -1.23. The van der Waals surface area contributed by atoms with Gasteiger partial charge in [-0.15, -0.1) is 0 Å². The van der Waals surface area contributed by atoms with Gasteiger partial charge < -0.3 is 14.6 Å². The van der Waals surface area contributed by atoms with Gasteiger partial charge in [-0.1, -0.05) is 15.9 Å². The zero-order chi connectivity index (χ0) is 15.7. The molecule has 21 heavy (non-hydrogen) atoms. The summed E-state index contributed by atoms with van der Waals surface area (Å²) in [5, 5.41) is 9.31. The van der Waals surface area contributed by atoms with E-state index in [9.17, 15) is 19.5 Å². The average Bonchev–Trinajstić information content (AvgIpc) is 2.71. The van der Waals surface area contributed by atoms with E-state index in [1.165, 1.54) is 13.1 Å². The van der Waals surface area contributed by atoms with Crippen LogP contribution in [0.25, 0.3) is 0 Å². The number of hydrogen-bond donors (Lipinski definition) is 2. The first kappa shape index (κ1) is 16.4. The van der Waals surface area contributed by atoms with Crippen molar-refractivity contribution in [1.29, 1.82) is 0 Å². The highest BCUT2D eigenvalue weighted by atomic mass is 79.9. The number of esters is 1. The number of aromatic nitrogens is 2. The third-order valence-electron chi connectivity index (χ3n) is 2.95. The lowest BCUT2D eigenvalue weighted by molar-refractivity contribution is -0.150. The summed E-state index contributed by atoms with van der Waals surface area (Å²) in [7, 11) is 0. The Morgan fingerprint density at radius 2 is 2.24 bits per heavy atom. The maximum Gasteiger partial charge on any atom is 0.330 e. The van der Waals surface area contributed by atoms with Crippen LogP contribution in [0.3, 0.4) is 0 Å². The third kappa shape index (κ3) is 3.28. The number of aliphatic hydroxyl groups is 1. The summed E-state index contributed by atoms with van der Waals surface area (Å²) >= 11 is 6.34. The first-order valence-corrected chi connectivity index (χ1v) is 7.64. The van der Waals surface area contributed by atoms with Gasteiger partial charge in [0.1, 0.15) is 12.2 Å². The number of aromatic amines is 1. The highest BCUT2D eigenvalue weighted by Gasteiger charge is 2.46. The number of nitrogens with zero attached hydrogens (tertiary/aromatic N) is 1. The second kappa shape index (κ2) is 6.42. The van der Waals surface area contributed by atoms with Crippen LogP contribution in [0.5, 0.6) is 0 Å². The minimum Gasteiger partial charge on any atom is -0.458 e. The predicted molar refractivity (Wildman–Crippen MR) is 78.3 cm³/mol. The molecule has 0 aromatic carbocycles. The summed E-state index contributed by atoms with van der Waals surface area (Å²) < 4.78 is 12.0. The smallest absolute Gasteiger partial charge is 0.330 e. The molecule has 116 valence electrons. The van der Waals surface area contributed by atoms with E-state index < -0.39 is 40.5 Å². The van der Waals surface area contributed by atoms with Crippen molar-refractivity contribution in [3.8, 4) is 0 Å². The van der Waals surface area contributed by atoms with Crippen LogP contribution in [0, 0.1) is 0 Å². The van der Waals surface area contributed by atoms with Crippen LogP contribution in [0.1, 0.15) is 13.2 Å². The van der Waals surface area contributed by atoms with E-state index >= 15 is 0 Å². The molecule has 2 rings (SSSR count). The number of nitrogens with one attached hydrogen (secondary N) is 1. The average molecular weight is 428 g/mol. The van der Waals surface area contributed by atoms with Gasteiger partial charge in [0.15, 0.2) is 6.23 Å². The van der Waals surface area contributed by atoms with Gasteiger partial charge in [-0.2, -0.15) is 0 Å². The van der Waals surface area contributed by atoms with E-state index in [0.717, 1.165) is 4.57 Å². The molecule has 1 aliphatic heterocycles. The Kier molecular flexibility index (Phi) is 5.02. The van der Waals surface area contributed by atoms with E-state index in [1.807, 2.05) is 0 Å². The van der Waals surface area contributed by atoms with Crippen LogP contribution in [0.4, 0.5) is 0 Å². The first-order valence-electron chi connectivity index (χ1n) is 5.93. The maximum absolute atomic E-state index is 11.9. The molecule has 8 nitrogen and oxygen atoms in total. The van der Waals surface area contributed by atoms with Crippen molar-refractivity contribution in [2.24, 2.45) is 0 Å². The van der Waals surface area contributed by atoms with Crippen LogP contribution >= 0.6 is 31.9 Å². The van der Waals surface area contributed by atoms with Crippen molar-refractivity contribution in [3.63, 3.8) is 0 Å². The minimum absolute atomic E-state index is 0.155. The zero-order valence-corrected chi connectivity index (χ0v) is 14.0. The molecule has 0 bridgehead atoms. The fourth-order valence-corrected chi connectivity index (χ4v) is 3.19. The van der Waals surface area contributed by atoms with E-state index in [0.29, 0.717) is 0 Å². The van der Waals surface area contributed by atoms with Crippen molar-refractivity contribution >= 4 is 37.8 Å². The van der Waals surface area contributed by atoms with Gasteiger partial charge in [-0.05, 0) is 15.9 Å². The summed E-state index contributed by atoms with van der Waals surface area (Å²) in [6, 6.07) is 0. The SMILES string of the molecule is CC(=O)O[C@H]1[C@@H](Br)[C@H](n2cc(Br)c(=O)[nH]c2=O)O[C@@H]1CO. The number of halogens is 2. The lowest BCUT2D eigenvalue weighted by Gasteiger charge is -2.18. The zero-order valence-electron chi connectivity index (χ0n) is 10.8. The predicted octanol–water partition coefficient (Wildman–Crippen LogP) is -0.116. The van der Waals surface area contributed by atoms with E-state index in [2.05, 4.69) is 36.8 Å². The molecular formula is C11H12Br2N2O6. The number of aliphatic hydroxyl groups excluding tert-OH is 1.